The third-order valence-electron chi connectivity index (χ3n) is 4.79. The van der Waals surface area contributed by atoms with Crippen molar-refractivity contribution in [1.29, 1.82) is 0 Å². The Morgan fingerprint density at radius 3 is 2.39 bits per heavy atom. The van der Waals surface area contributed by atoms with Gasteiger partial charge in [0, 0.05) is 30.4 Å². The van der Waals surface area contributed by atoms with Crippen LogP contribution < -0.4 is 4.72 Å². The van der Waals surface area contributed by atoms with E-state index in [1.54, 1.807) is 31.8 Å². The molecule has 0 saturated carbocycles. The van der Waals surface area contributed by atoms with E-state index >= 15 is 0 Å². The van der Waals surface area contributed by atoms with E-state index in [1.165, 1.54) is 29.2 Å². The second-order valence-corrected chi connectivity index (χ2v) is 9.77. The highest BCUT2D eigenvalue weighted by Crippen LogP contribution is 2.17. The molecule has 7 nitrogen and oxygen atoms in total. The van der Waals surface area contributed by atoms with Crippen LogP contribution in [0.2, 0.25) is 5.02 Å². The number of aromatic nitrogens is 2. The zero-order valence-corrected chi connectivity index (χ0v) is 19.1. The zero-order valence-electron chi connectivity index (χ0n) is 17.6. The Morgan fingerprint density at radius 1 is 1.13 bits per heavy atom. The van der Waals surface area contributed by atoms with Crippen LogP contribution in [0.5, 0.6) is 0 Å². The summed E-state index contributed by atoms with van der Waals surface area (Å²) in [5.41, 5.74) is 1.75. The number of likely N-dealkylation sites (N-methyl/N-ethyl adjacent to an activating group) is 1. The highest BCUT2D eigenvalue weighted by molar-refractivity contribution is 7.89. The van der Waals surface area contributed by atoms with Gasteiger partial charge in [0.1, 0.15) is 6.04 Å². The molecule has 0 radical (unpaired) electrons. The van der Waals surface area contributed by atoms with E-state index < -0.39 is 16.1 Å². The average molecular weight is 461 g/mol. The van der Waals surface area contributed by atoms with Crippen molar-refractivity contribution >= 4 is 27.5 Å². The van der Waals surface area contributed by atoms with Crippen LogP contribution in [-0.2, 0) is 21.4 Å². The maximum Gasteiger partial charge on any atom is 0.241 e. The summed E-state index contributed by atoms with van der Waals surface area (Å²) in [7, 11) is -2.23. The van der Waals surface area contributed by atoms with Gasteiger partial charge in [-0.25, -0.2) is 13.1 Å². The van der Waals surface area contributed by atoms with Gasteiger partial charge in [-0.15, -0.1) is 0 Å². The standard InChI is InChI=1S/C22H25ClN4O3S/c1-16(2)21(25-31(29,30)20-11-9-18(23)10-12-20)22(28)26(3)14-17-13-24-27(15-17)19-7-5-4-6-8-19/h4-13,15-16,21,25H,14H2,1-3H3/t21-/m0/s1. The van der Waals surface area contributed by atoms with E-state index in [0.717, 1.165) is 11.3 Å². The SMILES string of the molecule is CC(C)[C@H](NS(=O)(=O)c1ccc(Cl)cc1)C(=O)N(C)Cc1cnn(-c2ccccc2)c1. The van der Waals surface area contributed by atoms with Crippen LogP contribution in [0.1, 0.15) is 19.4 Å². The predicted octanol–water partition coefficient (Wildman–Crippen LogP) is 3.49. The molecule has 0 aliphatic rings. The second-order valence-electron chi connectivity index (χ2n) is 7.62. The lowest BCUT2D eigenvalue weighted by Gasteiger charge is -2.26. The lowest BCUT2D eigenvalue weighted by molar-refractivity contribution is -0.133. The van der Waals surface area contributed by atoms with Gasteiger partial charge in [-0.05, 0) is 42.3 Å². The Labute approximate surface area is 187 Å². The molecule has 0 unspecified atom stereocenters. The normalized spacial score (nSPS) is 12.7. The molecular formula is C22H25ClN4O3S. The highest BCUT2D eigenvalue weighted by atomic mass is 35.5. The lowest BCUT2D eigenvalue weighted by atomic mass is 10.0. The van der Waals surface area contributed by atoms with Crippen LogP contribution in [0.4, 0.5) is 0 Å². The van der Waals surface area contributed by atoms with Gasteiger partial charge in [-0.1, -0.05) is 43.6 Å². The zero-order chi connectivity index (χ0) is 22.6. The summed E-state index contributed by atoms with van der Waals surface area (Å²) >= 11 is 5.84. The first-order chi connectivity index (χ1) is 14.7. The first-order valence-electron chi connectivity index (χ1n) is 9.79. The van der Waals surface area contributed by atoms with Crippen LogP contribution in [0.3, 0.4) is 0 Å². The van der Waals surface area contributed by atoms with Gasteiger partial charge in [-0.2, -0.15) is 9.82 Å². The second kappa shape index (κ2) is 9.64. The number of halogens is 1. The summed E-state index contributed by atoms with van der Waals surface area (Å²) in [5.74, 6) is -0.566. The predicted molar refractivity (Wildman–Crippen MR) is 120 cm³/mol. The first-order valence-corrected chi connectivity index (χ1v) is 11.7. The van der Waals surface area contributed by atoms with Gasteiger partial charge in [-0.3, -0.25) is 4.79 Å². The van der Waals surface area contributed by atoms with Gasteiger partial charge >= 0.3 is 0 Å². The van der Waals surface area contributed by atoms with Gasteiger partial charge in [0.05, 0.1) is 16.8 Å². The highest BCUT2D eigenvalue weighted by Gasteiger charge is 2.30. The molecule has 1 heterocycles. The average Bonchev–Trinajstić information content (AvgIpc) is 3.21. The third kappa shape index (κ3) is 5.72. The molecule has 0 spiro atoms. The quantitative estimate of drug-likeness (QED) is 0.557. The number of amides is 1. The van der Waals surface area contributed by atoms with Crippen LogP contribution in [0.15, 0.2) is 71.9 Å². The monoisotopic (exact) mass is 460 g/mol. The summed E-state index contributed by atoms with van der Waals surface area (Å²) < 4.78 is 29.8. The molecule has 9 heteroatoms. The van der Waals surface area contributed by atoms with Crippen LogP contribution in [-0.4, -0.2) is 42.1 Å². The lowest BCUT2D eigenvalue weighted by Crippen LogP contribution is -2.49. The van der Waals surface area contributed by atoms with Crippen molar-refractivity contribution in [2.24, 2.45) is 5.92 Å². The number of nitrogens with zero attached hydrogens (tertiary/aromatic N) is 3. The summed E-state index contributed by atoms with van der Waals surface area (Å²) in [5, 5.41) is 4.78. The van der Waals surface area contributed by atoms with Gasteiger partial charge < -0.3 is 4.90 Å². The number of sulfonamides is 1. The van der Waals surface area contributed by atoms with E-state index in [0.29, 0.717) is 11.6 Å². The molecule has 1 N–H and O–H groups in total. The van der Waals surface area contributed by atoms with Gasteiger partial charge in [0.2, 0.25) is 15.9 Å². The maximum atomic E-state index is 13.1. The Bertz CT molecular complexity index is 1130. The number of nitrogens with one attached hydrogen (secondary N) is 1. The fourth-order valence-electron chi connectivity index (χ4n) is 3.07. The summed E-state index contributed by atoms with van der Waals surface area (Å²) in [4.78, 5) is 14.6. The molecule has 31 heavy (non-hydrogen) atoms. The molecule has 2 aromatic carbocycles. The van der Waals surface area contributed by atoms with Crippen LogP contribution >= 0.6 is 11.6 Å². The van der Waals surface area contributed by atoms with Crippen LogP contribution in [0, 0.1) is 5.92 Å². The molecule has 0 aliphatic carbocycles. The molecular weight excluding hydrogens is 436 g/mol. The van der Waals surface area contributed by atoms with E-state index in [2.05, 4.69) is 9.82 Å². The van der Waals surface area contributed by atoms with Crippen LogP contribution in [0.25, 0.3) is 5.69 Å². The van der Waals surface area contributed by atoms with E-state index in [4.69, 9.17) is 11.6 Å². The number of carbonyl (C=O) groups is 1. The summed E-state index contributed by atoms with van der Waals surface area (Å²) in [6, 6.07) is 14.6. The minimum absolute atomic E-state index is 0.0575. The molecule has 0 aliphatic heterocycles. The molecule has 1 atom stereocenters. The maximum absolute atomic E-state index is 13.1. The fourth-order valence-corrected chi connectivity index (χ4v) is 4.54. The van der Waals surface area contributed by atoms with Gasteiger partial charge in [0.25, 0.3) is 0 Å². The van der Waals surface area contributed by atoms with E-state index in [9.17, 15) is 13.2 Å². The number of rotatable bonds is 8. The van der Waals surface area contributed by atoms with Crippen molar-refractivity contribution in [1.82, 2.24) is 19.4 Å². The number of benzene rings is 2. The molecule has 0 saturated heterocycles. The Balaban J connectivity index is 1.72. The minimum Gasteiger partial charge on any atom is -0.340 e. The fraction of sp³-hybridized carbons (Fsp3) is 0.273. The Morgan fingerprint density at radius 2 is 1.77 bits per heavy atom. The smallest absolute Gasteiger partial charge is 0.241 e. The largest absolute Gasteiger partial charge is 0.340 e. The van der Waals surface area contributed by atoms with Crippen molar-refractivity contribution in [3.63, 3.8) is 0 Å². The van der Waals surface area contributed by atoms with Crippen molar-refractivity contribution in [3.05, 3.63) is 77.6 Å². The summed E-state index contributed by atoms with van der Waals surface area (Å²) in [6.07, 6.45) is 3.54. The molecule has 0 fully saturated rings. The Kier molecular flexibility index (Phi) is 7.15. The van der Waals surface area contributed by atoms with E-state index in [-0.39, 0.29) is 16.7 Å². The number of para-hydroxylation sites is 1. The minimum atomic E-state index is -3.88. The molecule has 3 rings (SSSR count). The number of hydrogen-bond donors (Lipinski definition) is 1. The van der Waals surface area contributed by atoms with Gasteiger partial charge in [0.15, 0.2) is 0 Å². The van der Waals surface area contributed by atoms with Crippen molar-refractivity contribution < 1.29 is 13.2 Å². The Hall–Kier alpha value is -2.68. The first kappa shape index (κ1) is 23.0. The van der Waals surface area contributed by atoms with Crippen molar-refractivity contribution in [2.45, 2.75) is 31.3 Å². The van der Waals surface area contributed by atoms with Crippen molar-refractivity contribution in [3.8, 4) is 5.69 Å². The third-order valence-corrected chi connectivity index (χ3v) is 6.50. The van der Waals surface area contributed by atoms with E-state index in [1.807, 2.05) is 36.5 Å². The molecule has 0 bridgehead atoms. The van der Waals surface area contributed by atoms with Crippen molar-refractivity contribution in [2.75, 3.05) is 7.05 Å². The molecule has 164 valence electrons. The summed E-state index contributed by atoms with van der Waals surface area (Å²) in [6.45, 7) is 3.90. The molecule has 3 aromatic rings. The number of hydrogen-bond acceptors (Lipinski definition) is 4. The number of carbonyl (C=O) groups excluding carboxylic acids is 1. The topological polar surface area (TPSA) is 84.3 Å². The molecule has 1 aromatic heterocycles. The molecule has 1 amide bonds.